The first kappa shape index (κ1) is 17.4. The van der Waals surface area contributed by atoms with Gasteiger partial charge in [0.1, 0.15) is 0 Å². The fraction of sp³-hybridized carbons (Fsp3) is 0.750. The highest BCUT2D eigenvalue weighted by Gasteiger charge is 2.20. The molecule has 0 bridgehead atoms. The zero-order valence-corrected chi connectivity index (χ0v) is 12.1. The number of carbonyl (C=O) groups is 3. The van der Waals surface area contributed by atoms with Crippen LogP contribution < -0.4 is 10.6 Å². The van der Waals surface area contributed by atoms with Gasteiger partial charge in [0.2, 0.25) is 5.91 Å². The lowest BCUT2D eigenvalue weighted by molar-refractivity contribution is -0.139. The van der Waals surface area contributed by atoms with E-state index in [1.807, 2.05) is 0 Å². The van der Waals surface area contributed by atoms with E-state index in [0.29, 0.717) is 0 Å². The van der Waals surface area contributed by atoms with E-state index in [9.17, 15) is 14.4 Å². The third-order valence-corrected chi connectivity index (χ3v) is 2.16. The molecule has 0 saturated carbocycles. The van der Waals surface area contributed by atoms with Gasteiger partial charge in [-0.1, -0.05) is 0 Å². The highest BCUT2D eigenvalue weighted by Crippen LogP contribution is 1.99. The molecule has 0 unspecified atom stereocenters. The van der Waals surface area contributed by atoms with E-state index >= 15 is 0 Å². The summed E-state index contributed by atoms with van der Waals surface area (Å²) in [5, 5.41) is 13.5. The van der Waals surface area contributed by atoms with Gasteiger partial charge in [-0.3, -0.25) is 19.8 Å². The first-order chi connectivity index (χ1) is 8.51. The van der Waals surface area contributed by atoms with Crippen molar-refractivity contribution in [3.63, 3.8) is 0 Å². The van der Waals surface area contributed by atoms with Crippen LogP contribution in [0.3, 0.4) is 0 Å². The number of nitrogens with zero attached hydrogens (tertiary/aromatic N) is 1. The topological polar surface area (TPSA) is 98.7 Å². The van der Waals surface area contributed by atoms with Gasteiger partial charge in [-0.05, 0) is 34.6 Å². The highest BCUT2D eigenvalue weighted by atomic mass is 16.4. The van der Waals surface area contributed by atoms with Crippen LogP contribution in [0, 0.1) is 0 Å². The fourth-order valence-corrected chi connectivity index (χ4v) is 1.32. The second kappa shape index (κ2) is 7.08. The maximum Gasteiger partial charge on any atom is 0.321 e. The summed E-state index contributed by atoms with van der Waals surface area (Å²) in [5.74, 6) is -1.54. The van der Waals surface area contributed by atoms with Gasteiger partial charge in [-0.2, -0.15) is 0 Å². The van der Waals surface area contributed by atoms with E-state index in [1.54, 1.807) is 34.6 Å². The van der Waals surface area contributed by atoms with Crippen LogP contribution in [0.15, 0.2) is 0 Å². The monoisotopic (exact) mass is 273 g/mol. The summed E-state index contributed by atoms with van der Waals surface area (Å²) in [6.07, 6.45) is 0. The smallest absolute Gasteiger partial charge is 0.321 e. The third-order valence-electron chi connectivity index (χ3n) is 2.16. The lowest BCUT2D eigenvalue weighted by atomic mass is 10.1. The Morgan fingerprint density at radius 3 is 2.05 bits per heavy atom. The molecule has 0 saturated heterocycles. The van der Waals surface area contributed by atoms with Crippen LogP contribution >= 0.6 is 0 Å². The maximum absolute atomic E-state index is 11.6. The van der Waals surface area contributed by atoms with Crippen LogP contribution in [0.4, 0.5) is 4.79 Å². The average molecular weight is 273 g/mol. The predicted octanol–water partition coefficient (Wildman–Crippen LogP) is 0.406. The minimum absolute atomic E-state index is 0.104. The molecular formula is C12H23N3O4. The van der Waals surface area contributed by atoms with Gasteiger partial charge in [0, 0.05) is 11.6 Å². The summed E-state index contributed by atoms with van der Waals surface area (Å²) in [7, 11) is 0. The molecule has 7 nitrogen and oxygen atoms in total. The Morgan fingerprint density at radius 1 is 1.16 bits per heavy atom. The molecular weight excluding hydrogens is 250 g/mol. The van der Waals surface area contributed by atoms with Gasteiger partial charge in [-0.25, -0.2) is 4.79 Å². The molecule has 0 aromatic heterocycles. The minimum atomic E-state index is -1.01. The van der Waals surface area contributed by atoms with Gasteiger partial charge in [-0.15, -0.1) is 0 Å². The Hall–Kier alpha value is -1.63. The molecule has 0 aliphatic heterocycles. The van der Waals surface area contributed by atoms with Crippen molar-refractivity contribution < 1.29 is 19.5 Å². The molecule has 110 valence electrons. The van der Waals surface area contributed by atoms with Crippen molar-refractivity contribution >= 4 is 17.9 Å². The number of urea groups is 1. The summed E-state index contributed by atoms with van der Waals surface area (Å²) >= 11 is 0. The summed E-state index contributed by atoms with van der Waals surface area (Å²) in [6, 6.07) is -0.691. The van der Waals surface area contributed by atoms with E-state index in [-0.39, 0.29) is 19.1 Å². The second-order valence-electron chi connectivity index (χ2n) is 5.64. The SMILES string of the molecule is CC(C)N(CC(=O)O)CC(=O)NC(=O)NC(C)(C)C. The second-order valence-corrected chi connectivity index (χ2v) is 5.64. The predicted molar refractivity (Wildman–Crippen MR) is 70.8 cm³/mol. The van der Waals surface area contributed by atoms with Crippen molar-refractivity contribution in [3.8, 4) is 0 Å². The molecule has 0 heterocycles. The zero-order valence-electron chi connectivity index (χ0n) is 12.1. The molecule has 0 fully saturated rings. The Bertz CT molecular complexity index is 347. The van der Waals surface area contributed by atoms with Crippen molar-refractivity contribution in [2.45, 2.75) is 46.2 Å². The van der Waals surface area contributed by atoms with Crippen LogP contribution in [0.5, 0.6) is 0 Å². The normalized spacial score (nSPS) is 11.5. The van der Waals surface area contributed by atoms with Crippen LogP contribution in [0.2, 0.25) is 0 Å². The van der Waals surface area contributed by atoms with Crippen LogP contribution in [0.25, 0.3) is 0 Å². The first-order valence-electron chi connectivity index (χ1n) is 6.09. The number of carboxylic acid groups (broad SMARTS) is 1. The molecule has 0 spiro atoms. The van der Waals surface area contributed by atoms with Crippen LogP contribution in [-0.2, 0) is 9.59 Å². The van der Waals surface area contributed by atoms with Gasteiger partial charge < -0.3 is 10.4 Å². The number of imide groups is 1. The van der Waals surface area contributed by atoms with E-state index in [1.165, 1.54) is 4.90 Å². The third kappa shape index (κ3) is 9.01. The number of hydrogen-bond acceptors (Lipinski definition) is 4. The molecule has 0 aromatic rings. The van der Waals surface area contributed by atoms with E-state index < -0.39 is 23.4 Å². The number of carbonyl (C=O) groups excluding carboxylic acids is 2. The molecule has 3 amide bonds. The Morgan fingerprint density at radius 2 is 1.68 bits per heavy atom. The van der Waals surface area contributed by atoms with Crippen molar-refractivity contribution in [2.24, 2.45) is 0 Å². The molecule has 19 heavy (non-hydrogen) atoms. The Labute approximate surface area is 113 Å². The standard InChI is InChI=1S/C12H23N3O4/c1-8(2)15(7-10(17)18)6-9(16)13-11(19)14-12(3,4)5/h8H,6-7H2,1-5H3,(H,17,18)(H2,13,14,16,19). The van der Waals surface area contributed by atoms with Crippen molar-refractivity contribution in [1.29, 1.82) is 0 Å². The molecule has 0 radical (unpaired) electrons. The minimum Gasteiger partial charge on any atom is -0.480 e. The summed E-state index contributed by atoms with van der Waals surface area (Å²) in [4.78, 5) is 35.2. The van der Waals surface area contributed by atoms with Gasteiger partial charge >= 0.3 is 12.0 Å². The van der Waals surface area contributed by atoms with E-state index in [2.05, 4.69) is 10.6 Å². The van der Waals surface area contributed by atoms with Crippen LogP contribution in [-0.4, -0.2) is 52.6 Å². The Kier molecular flexibility index (Phi) is 6.47. The largest absolute Gasteiger partial charge is 0.480 e. The molecule has 3 N–H and O–H groups in total. The number of nitrogens with one attached hydrogen (secondary N) is 2. The first-order valence-corrected chi connectivity index (χ1v) is 6.09. The number of amides is 3. The summed E-state index contributed by atoms with van der Waals surface area (Å²) in [5.41, 5.74) is -0.441. The number of rotatable bonds is 5. The quantitative estimate of drug-likeness (QED) is 0.673. The van der Waals surface area contributed by atoms with Crippen molar-refractivity contribution in [3.05, 3.63) is 0 Å². The van der Waals surface area contributed by atoms with E-state index in [4.69, 9.17) is 5.11 Å². The van der Waals surface area contributed by atoms with Crippen molar-refractivity contribution in [1.82, 2.24) is 15.5 Å². The maximum atomic E-state index is 11.6. The lowest BCUT2D eigenvalue weighted by Crippen LogP contribution is -2.51. The van der Waals surface area contributed by atoms with Gasteiger partial charge in [0.15, 0.2) is 0 Å². The zero-order chi connectivity index (χ0) is 15.2. The molecule has 0 aliphatic rings. The summed E-state index contributed by atoms with van der Waals surface area (Å²) in [6.45, 7) is 8.57. The molecule has 7 heteroatoms. The molecule has 0 aromatic carbocycles. The van der Waals surface area contributed by atoms with Gasteiger partial charge in [0.25, 0.3) is 0 Å². The molecule has 0 atom stereocenters. The number of hydrogen-bond donors (Lipinski definition) is 3. The number of carboxylic acids is 1. The lowest BCUT2D eigenvalue weighted by Gasteiger charge is -2.24. The highest BCUT2D eigenvalue weighted by molar-refractivity contribution is 5.95. The van der Waals surface area contributed by atoms with Crippen LogP contribution in [0.1, 0.15) is 34.6 Å². The fourth-order valence-electron chi connectivity index (χ4n) is 1.32. The number of aliphatic carboxylic acids is 1. The van der Waals surface area contributed by atoms with E-state index in [0.717, 1.165) is 0 Å². The Balaban J connectivity index is 4.34. The average Bonchev–Trinajstić information content (AvgIpc) is 2.11. The summed E-state index contributed by atoms with van der Waals surface area (Å²) < 4.78 is 0. The van der Waals surface area contributed by atoms with Gasteiger partial charge in [0.05, 0.1) is 13.1 Å². The van der Waals surface area contributed by atoms with Crippen molar-refractivity contribution in [2.75, 3.05) is 13.1 Å². The molecule has 0 aliphatic carbocycles. The molecule has 0 rings (SSSR count).